The van der Waals surface area contributed by atoms with Gasteiger partial charge in [0.2, 0.25) is 0 Å². The fourth-order valence-corrected chi connectivity index (χ4v) is 2.95. The minimum Gasteiger partial charge on any atom is -0.315 e. The van der Waals surface area contributed by atoms with Crippen molar-refractivity contribution in [1.29, 1.82) is 0 Å². The molecule has 1 fully saturated rings. The molecule has 1 aliphatic rings. The van der Waals surface area contributed by atoms with Crippen LogP contribution in [0.15, 0.2) is 30.3 Å². The van der Waals surface area contributed by atoms with E-state index >= 15 is 0 Å². The van der Waals surface area contributed by atoms with E-state index in [0.29, 0.717) is 6.04 Å². The molecule has 1 aromatic rings. The molecule has 0 saturated carbocycles. The Labute approximate surface area is 118 Å². The van der Waals surface area contributed by atoms with E-state index in [0.717, 1.165) is 12.5 Å². The first-order chi connectivity index (χ1) is 9.24. The van der Waals surface area contributed by atoms with Crippen LogP contribution < -0.4 is 5.32 Å². The summed E-state index contributed by atoms with van der Waals surface area (Å²) in [6.07, 6.45) is 4.09. The summed E-state index contributed by atoms with van der Waals surface area (Å²) in [7, 11) is 0. The normalized spacial score (nSPS) is 20.9. The van der Waals surface area contributed by atoms with Gasteiger partial charge >= 0.3 is 0 Å². The van der Waals surface area contributed by atoms with Crippen molar-refractivity contribution >= 4 is 0 Å². The quantitative estimate of drug-likeness (QED) is 0.844. The Morgan fingerprint density at radius 1 is 1.26 bits per heavy atom. The van der Waals surface area contributed by atoms with Gasteiger partial charge in [0.15, 0.2) is 0 Å². The zero-order valence-corrected chi connectivity index (χ0v) is 12.4. The highest BCUT2D eigenvalue weighted by Crippen LogP contribution is 2.20. The van der Waals surface area contributed by atoms with Crippen molar-refractivity contribution in [3.05, 3.63) is 35.9 Å². The summed E-state index contributed by atoms with van der Waals surface area (Å²) in [5, 5.41) is 3.54. The molecule has 19 heavy (non-hydrogen) atoms. The van der Waals surface area contributed by atoms with Gasteiger partial charge in [0.25, 0.3) is 0 Å². The molecule has 1 aliphatic heterocycles. The van der Waals surface area contributed by atoms with Gasteiger partial charge in [0, 0.05) is 19.1 Å². The standard InChI is InChI=1S/C17H28N2/c1-15(2)18-11-10-17-9-6-12-19(14-17)13-16-7-4-3-5-8-16/h3-5,7-8,15,17-18H,6,9-14H2,1-2H3. The lowest BCUT2D eigenvalue weighted by Crippen LogP contribution is -2.36. The molecule has 1 atom stereocenters. The molecule has 0 aromatic heterocycles. The summed E-state index contributed by atoms with van der Waals surface area (Å²) in [5.41, 5.74) is 1.45. The second-order valence-corrected chi connectivity index (χ2v) is 6.13. The van der Waals surface area contributed by atoms with Crippen molar-refractivity contribution in [2.45, 2.75) is 45.7 Å². The average Bonchev–Trinajstić information content (AvgIpc) is 2.40. The molecule has 1 aromatic carbocycles. The maximum Gasteiger partial charge on any atom is 0.0233 e. The highest BCUT2D eigenvalue weighted by atomic mass is 15.1. The van der Waals surface area contributed by atoms with Crippen LogP contribution in [0.2, 0.25) is 0 Å². The maximum absolute atomic E-state index is 3.54. The van der Waals surface area contributed by atoms with E-state index in [1.807, 2.05) is 0 Å². The predicted octanol–water partition coefficient (Wildman–Crippen LogP) is 3.29. The molecular weight excluding hydrogens is 232 g/mol. The highest BCUT2D eigenvalue weighted by molar-refractivity contribution is 5.14. The predicted molar refractivity (Wildman–Crippen MR) is 82.2 cm³/mol. The Morgan fingerprint density at radius 2 is 2.05 bits per heavy atom. The van der Waals surface area contributed by atoms with E-state index in [-0.39, 0.29) is 0 Å². The van der Waals surface area contributed by atoms with Gasteiger partial charge in [-0.05, 0) is 43.8 Å². The Balaban J connectivity index is 1.74. The van der Waals surface area contributed by atoms with Gasteiger partial charge in [0.1, 0.15) is 0 Å². The third-order valence-electron chi connectivity index (χ3n) is 3.96. The summed E-state index contributed by atoms with van der Waals surface area (Å²) in [4.78, 5) is 2.62. The number of piperidine rings is 1. The number of nitrogens with zero attached hydrogens (tertiary/aromatic N) is 1. The number of benzene rings is 1. The molecular formula is C17H28N2. The fourth-order valence-electron chi connectivity index (χ4n) is 2.95. The van der Waals surface area contributed by atoms with Crippen LogP contribution in [0.4, 0.5) is 0 Å². The van der Waals surface area contributed by atoms with Gasteiger partial charge in [-0.25, -0.2) is 0 Å². The molecule has 0 bridgehead atoms. The minimum atomic E-state index is 0.615. The van der Waals surface area contributed by atoms with Crippen LogP contribution in [0.1, 0.15) is 38.7 Å². The number of hydrogen-bond donors (Lipinski definition) is 1. The van der Waals surface area contributed by atoms with E-state index in [2.05, 4.69) is 54.4 Å². The zero-order valence-electron chi connectivity index (χ0n) is 12.4. The van der Waals surface area contributed by atoms with Crippen molar-refractivity contribution in [2.75, 3.05) is 19.6 Å². The van der Waals surface area contributed by atoms with E-state index in [1.54, 1.807) is 0 Å². The molecule has 0 spiro atoms. The summed E-state index contributed by atoms with van der Waals surface area (Å²) in [6.45, 7) is 9.28. The van der Waals surface area contributed by atoms with E-state index < -0.39 is 0 Å². The molecule has 2 nitrogen and oxygen atoms in total. The Hall–Kier alpha value is -0.860. The van der Waals surface area contributed by atoms with Gasteiger partial charge < -0.3 is 5.32 Å². The van der Waals surface area contributed by atoms with Crippen LogP contribution in [0.3, 0.4) is 0 Å². The lowest BCUT2D eigenvalue weighted by Gasteiger charge is -2.33. The topological polar surface area (TPSA) is 15.3 Å². The SMILES string of the molecule is CC(C)NCCC1CCCN(Cc2ccccc2)C1. The Bertz CT molecular complexity index is 348. The molecule has 2 heteroatoms. The summed E-state index contributed by atoms with van der Waals surface area (Å²) in [6, 6.07) is 11.5. The molecule has 1 unspecified atom stereocenters. The molecule has 2 rings (SSSR count). The van der Waals surface area contributed by atoms with Crippen LogP contribution >= 0.6 is 0 Å². The molecule has 1 N–H and O–H groups in total. The molecule has 0 amide bonds. The van der Waals surface area contributed by atoms with Gasteiger partial charge in [0.05, 0.1) is 0 Å². The van der Waals surface area contributed by atoms with Crippen LogP contribution in [-0.4, -0.2) is 30.6 Å². The number of hydrogen-bond acceptors (Lipinski definition) is 2. The summed E-state index contributed by atoms with van der Waals surface area (Å²) in [5.74, 6) is 0.878. The molecule has 1 heterocycles. The summed E-state index contributed by atoms with van der Waals surface area (Å²) >= 11 is 0. The zero-order chi connectivity index (χ0) is 13.5. The van der Waals surface area contributed by atoms with E-state index in [9.17, 15) is 0 Å². The van der Waals surface area contributed by atoms with Gasteiger partial charge in [-0.15, -0.1) is 0 Å². The first kappa shape index (κ1) is 14.5. The largest absolute Gasteiger partial charge is 0.315 e. The molecule has 0 aliphatic carbocycles. The fraction of sp³-hybridized carbons (Fsp3) is 0.647. The van der Waals surface area contributed by atoms with E-state index in [4.69, 9.17) is 0 Å². The minimum absolute atomic E-state index is 0.615. The first-order valence-electron chi connectivity index (χ1n) is 7.73. The average molecular weight is 260 g/mol. The van der Waals surface area contributed by atoms with Crippen molar-refractivity contribution in [3.8, 4) is 0 Å². The molecule has 106 valence electrons. The second kappa shape index (κ2) is 7.66. The van der Waals surface area contributed by atoms with Crippen molar-refractivity contribution in [2.24, 2.45) is 5.92 Å². The van der Waals surface area contributed by atoms with Gasteiger partial charge in [-0.2, -0.15) is 0 Å². The van der Waals surface area contributed by atoms with E-state index in [1.165, 1.54) is 44.5 Å². The molecule has 1 saturated heterocycles. The molecule has 0 radical (unpaired) electrons. The van der Waals surface area contributed by atoms with Gasteiger partial charge in [-0.1, -0.05) is 44.2 Å². The number of nitrogens with one attached hydrogen (secondary N) is 1. The van der Waals surface area contributed by atoms with Crippen LogP contribution in [0.25, 0.3) is 0 Å². The monoisotopic (exact) mass is 260 g/mol. The van der Waals surface area contributed by atoms with Crippen molar-refractivity contribution in [3.63, 3.8) is 0 Å². The smallest absolute Gasteiger partial charge is 0.0233 e. The van der Waals surface area contributed by atoms with Crippen LogP contribution in [0, 0.1) is 5.92 Å². The summed E-state index contributed by atoms with van der Waals surface area (Å²) < 4.78 is 0. The Morgan fingerprint density at radius 3 is 2.79 bits per heavy atom. The Kier molecular flexibility index (Phi) is 5.87. The first-order valence-corrected chi connectivity index (χ1v) is 7.73. The van der Waals surface area contributed by atoms with Gasteiger partial charge in [-0.3, -0.25) is 4.90 Å². The highest BCUT2D eigenvalue weighted by Gasteiger charge is 2.19. The second-order valence-electron chi connectivity index (χ2n) is 6.13. The lowest BCUT2D eigenvalue weighted by atomic mass is 9.94. The van der Waals surface area contributed by atoms with Crippen molar-refractivity contribution in [1.82, 2.24) is 10.2 Å². The number of likely N-dealkylation sites (tertiary alicyclic amines) is 1. The number of rotatable bonds is 6. The maximum atomic E-state index is 3.54. The third kappa shape index (κ3) is 5.33. The van der Waals surface area contributed by atoms with Crippen LogP contribution in [-0.2, 0) is 6.54 Å². The van der Waals surface area contributed by atoms with Crippen molar-refractivity contribution < 1.29 is 0 Å². The third-order valence-corrected chi connectivity index (χ3v) is 3.96. The lowest BCUT2D eigenvalue weighted by molar-refractivity contribution is 0.161. The van der Waals surface area contributed by atoms with Crippen LogP contribution in [0.5, 0.6) is 0 Å².